The van der Waals surface area contributed by atoms with Crippen LogP contribution in [0.5, 0.6) is 11.5 Å². The van der Waals surface area contributed by atoms with Gasteiger partial charge < -0.3 is 15.3 Å². The lowest BCUT2D eigenvalue weighted by Gasteiger charge is -2.19. The van der Waals surface area contributed by atoms with Crippen molar-refractivity contribution in [3.05, 3.63) is 178 Å². The number of nitrogens with one attached hydrogen (secondary N) is 1. The monoisotopic (exact) mass is 830 g/mol. The third-order valence-corrected chi connectivity index (χ3v) is 10.3. The summed E-state index contributed by atoms with van der Waals surface area (Å²) in [4.78, 5) is 36.4. The molecule has 7 aromatic rings. The van der Waals surface area contributed by atoms with Crippen LogP contribution in [0.4, 0.5) is 0 Å². The molecule has 1 amide bonds. The molecule has 5 aromatic carbocycles. The van der Waals surface area contributed by atoms with E-state index < -0.39 is 11.9 Å². The van der Waals surface area contributed by atoms with Crippen LogP contribution >= 0.6 is 0 Å². The summed E-state index contributed by atoms with van der Waals surface area (Å²) < 4.78 is 3.14. The first kappa shape index (κ1) is 44.0. The van der Waals surface area contributed by atoms with Gasteiger partial charge in [0, 0.05) is 41.9 Å². The van der Waals surface area contributed by atoms with Gasteiger partial charge in [-0.2, -0.15) is 15.3 Å². The van der Waals surface area contributed by atoms with E-state index in [0.717, 1.165) is 11.1 Å². The number of ketones is 1. The SMILES string of the molecule is Cn1nc(C(=NNC(=O)c2ccc(C(=O)O)cc2)c2ccccc2)c(O)c1-c1ccc(C(C)(C)C)cc1.Cn1nc(C(=O)c2ccccc2)c(O)c1-c1ccc(C(C)(C)C)cc1. The Balaban J connectivity index is 0.000000223. The Hall–Kier alpha value is -7.60. The Bertz CT molecular complexity index is 2740. The summed E-state index contributed by atoms with van der Waals surface area (Å²) in [6.07, 6.45) is 0. The number of aromatic hydroxyl groups is 2. The Kier molecular flexibility index (Phi) is 12.7. The van der Waals surface area contributed by atoms with Gasteiger partial charge in [-0.1, -0.05) is 151 Å². The van der Waals surface area contributed by atoms with Crippen LogP contribution in [0.2, 0.25) is 0 Å². The molecule has 0 aliphatic rings. The van der Waals surface area contributed by atoms with E-state index >= 15 is 0 Å². The number of benzene rings is 5. The Morgan fingerprint density at radius 3 is 1.37 bits per heavy atom. The highest BCUT2D eigenvalue weighted by Gasteiger charge is 2.25. The summed E-state index contributed by atoms with van der Waals surface area (Å²) in [5.74, 6) is -2.04. The molecule has 0 unspecified atom stereocenters. The molecule has 7 rings (SSSR count). The van der Waals surface area contributed by atoms with E-state index in [1.54, 1.807) is 59.9 Å². The average molecular weight is 831 g/mol. The number of aromatic carboxylic acids is 1. The number of hydrazone groups is 1. The zero-order valence-corrected chi connectivity index (χ0v) is 36.0. The first-order chi connectivity index (χ1) is 29.3. The molecule has 4 N–H and O–H groups in total. The Labute approximate surface area is 360 Å². The standard InChI is InChI=1S/C29H28N4O4.C21H22N2O2/c1-29(2,3)22-16-14-19(15-17-22)25-26(34)24(32-33(25)4)23(18-8-6-5-7-9-18)30-31-27(35)20-10-12-21(13-11-20)28(36)37;1-21(2,3)16-12-10-14(11-13-16)18-20(25)17(22-23(18)4)19(24)15-8-6-5-7-9-15/h5-17,34H,1-4H3,(H,31,35)(H,36,37);5-13,25H,1-4H3. The van der Waals surface area contributed by atoms with Crippen molar-refractivity contribution in [1.29, 1.82) is 0 Å². The topological polar surface area (TPSA) is 172 Å². The van der Waals surface area contributed by atoms with Crippen LogP contribution < -0.4 is 5.43 Å². The molecular weight excluding hydrogens is 781 g/mol. The maximum absolute atomic E-state index is 12.7. The molecule has 2 heterocycles. The Morgan fingerprint density at radius 2 is 0.935 bits per heavy atom. The second-order valence-electron chi connectivity index (χ2n) is 16.8. The number of hydrogen-bond donors (Lipinski definition) is 4. The molecule has 316 valence electrons. The number of hydrogen-bond acceptors (Lipinski definition) is 8. The van der Waals surface area contributed by atoms with Crippen LogP contribution in [0.15, 0.2) is 139 Å². The summed E-state index contributed by atoms with van der Waals surface area (Å²) in [5, 5.41) is 44.1. The highest BCUT2D eigenvalue weighted by atomic mass is 16.4. The van der Waals surface area contributed by atoms with Gasteiger partial charge in [-0.3, -0.25) is 19.0 Å². The number of aromatic nitrogens is 4. The summed E-state index contributed by atoms with van der Waals surface area (Å²) in [5.41, 5.74) is 9.65. The van der Waals surface area contributed by atoms with Crippen molar-refractivity contribution in [1.82, 2.24) is 25.0 Å². The number of carboxylic acid groups (broad SMARTS) is 1. The molecule has 0 aliphatic carbocycles. The zero-order chi connectivity index (χ0) is 44.9. The molecule has 0 fully saturated rings. The number of amides is 1. The molecule has 12 nitrogen and oxygen atoms in total. The minimum Gasteiger partial charge on any atom is -0.504 e. The quantitative estimate of drug-likeness (QED) is 0.0633. The lowest BCUT2D eigenvalue weighted by atomic mass is 9.86. The van der Waals surface area contributed by atoms with Crippen LogP contribution in [-0.4, -0.2) is 58.3 Å². The molecule has 62 heavy (non-hydrogen) atoms. The van der Waals surface area contributed by atoms with Crippen LogP contribution in [0.1, 0.15) is 101 Å². The van der Waals surface area contributed by atoms with Gasteiger partial charge in [0.05, 0.1) is 5.56 Å². The van der Waals surface area contributed by atoms with Gasteiger partial charge in [-0.05, 0) is 46.2 Å². The fraction of sp³-hybridized carbons (Fsp3) is 0.200. The highest BCUT2D eigenvalue weighted by molar-refractivity contribution is 6.14. The van der Waals surface area contributed by atoms with Gasteiger partial charge in [0.1, 0.15) is 17.1 Å². The van der Waals surface area contributed by atoms with E-state index in [1.807, 2.05) is 72.8 Å². The van der Waals surface area contributed by atoms with Gasteiger partial charge >= 0.3 is 5.97 Å². The first-order valence-electron chi connectivity index (χ1n) is 20.0. The number of nitrogens with zero attached hydrogens (tertiary/aromatic N) is 5. The van der Waals surface area contributed by atoms with Gasteiger partial charge in [-0.25, -0.2) is 10.2 Å². The highest BCUT2D eigenvalue weighted by Crippen LogP contribution is 2.36. The fourth-order valence-corrected chi connectivity index (χ4v) is 6.75. The summed E-state index contributed by atoms with van der Waals surface area (Å²) in [6, 6.07) is 39.4. The van der Waals surface area contributed by atoms with Crippen molar-refractivity contribution in [2.24, 2.45) is 19.2 Å². The lowest BCUT2D eigenvalue weighted by Crippen LogP contribution is -2.21. The summed E-state index contributed by atoms with van der Waals surface area (Å²) in [7, 11) is 3.47. The summed E-state index contributed by atoms with van der Waals surface area (Å²) >= 11 is 0. The van der Waals surface area contributed by atoms with Crippen molar-refractivity contribution >= 4 is 23.4 Å². The van der Waals surface area contributed by atoms with E-state index in [4.69, 9.17) is 5.11 Å². The van der Waals surface area contributed by atoms with Gasteiger partial charge in [-0.15, -0.1) is 0 Å². The molecule has 0 atom stereocenters. The smallest absolute Gasteiger partial charge is 0.335 e. The molecule has 0 saturated heterocycles. The maximum atomic E-state index is 12.7. The third-order valence-electron chi connectivity index (χ3n) is 10.3. The average Bonchev–Trinajstić information content (AvgIpc) is 3.72. The van der Waals surface area contributed by atoms with E-state index in [9.17, 15) is 24.6 Å². The van der Waals surface area contributed by atoms with E-state index in [2.05, 4.69) is 62.3 Å². The van der Waals surface area contributed by atoms with Crippen molar-refractivity contribution in [2.45, 2.75) is 52.4 Å². The number of carbonyl (C=O) groups excluding carboxylic acids is 2. The largest absolute Gasteiger partial charge is 0.504 e. The molecule has 0 aliphatic heterocycles. The first-order valence-corrected chi connectivity index (χ1v) is 20.0. The molecule has 0 radical (unpaired) electrons. The maximum Gasteiger partial charge on any atom is 0.335 e. The van der Waals surface area contributed by atoms with Crippen LogP contribution in [0.25, 0.3) is 22.5 Å². The fourth-order valence-electron chi connectivity index (χ4n) is 6.75. The van der Waals surface area contributed by atoms with E-state index in [1.165, 1.54) is 35.4 Å². The molecule has 2 aromatic heterocycles. The minimum absolute atomic E-state index is 0.00250. The van der Waals surface area contributed by atoms with Gasteiger partial charge in [0.15, 0.2) is 22.9 Å². The Morgan fingerprint density at radius 1 is 0.532 bits per heavy atom. The van der Waals surface area contributed by atoms with Crippen LogP contribution in [-0.2, 0) is 24.9 Å². The molecule has 0 saturated carbocycles. The molecule has 0 bridgehead atoms. The molecular formula is C50H50N6O6. The third kappa shape index (κ3) is 9.71. The second-order valence-corrected chi connectivity index (χ2v) is 16.8. The van der Waals surface area contributed by atoms with Crippen molar-refractivity contribution < 1.29 is 29.7 Å². The van der Waals surface area contributed by atoms with Crippen LogP contribution in [0, 0.1) is 0 Å². The van der Waals surface area contributed by atoms with Crippen LogP contribution in [0.3, 0.4) is 0 Å². The number of carboxylic acids is 1. The zero-order valence-electron chi connectivity index (χ0n) is 36.0. The predicted octanol–water partition coefficient (Wildman–Crippen LogP) is 9.29. The summed E-state index contributed by atoms with van der Waals surface area (Å²) in [6.45, 7) is 12.9. The van der Waals surface area contributed by atoms with Crippen molar-refractivity contribution in [3.8, 4) is 34.0 Å². The van der Waals surface area contributed by atoms with Gasteiger partial charge in [0.25, 0.3) is 5.91 Å². The van der Waals surface area contributed by atoms with E-state index in [0.29, 0.717) is 22.5 Å². The van der Waals surface area contributed by atoms with Gasteiger partial charge in [0.2, 0.25) is 5.78 Å². The molecule has 0 spiro atoms. The number of carbonyl (C=O) groups is 3. The minimum atomic E-state index is -1.08. The number of rotatable bonds is 9. The normalized spacial score (nSPS) is 11.7. The van der Waals surface area contributed by atoms with Crippen molar-refractivity contribution in [3.63, 3.8) is 0 Å². The van der Waals surface area contributed by atoms with Crippen molar-refractivity contribution in [2.75, 3.05) is 0 Å². The second kappa shape index (κ2) is 17.9. The predicted molar refractivity (Wildman–Crippen MR) is 241 cm³/mol. The number of aryl methyl sites for hydroxylation is 2. The molecule has 12 heteroatoms. The lowest BCUT2D eigenvalue weighted by molar-refractivity contribution is 0.0696. The van der Waals surface area contributed by atoms with E-state index in [-0.39, 0.29) is 56.3 Å².